The molecule has 7 nitrogen and oxygen atoms in total. The SMILES string of the molecule is Cc1cc(Oc2ccc(F)c(Cl)c2)c(-c2cn(C)c(=O)c3[nH]ccc23)cc1[N+](=O)[O-]. The lowest BCUT2D eigenvalue weighted by Gasteiger charge is -2.15. The molecule has 0 saturated carbocycles. The second-order valence-electron chi connectivity index (χ2n) is 6.80. The molecule has 0 aliphatic heterocycles. The first-order chi connectivity index (χ1) is 14.3. The van der Waals surface area contributed by atoms with Gasteiger partial charge in [0.05, 0.1) is 9.95 Å². The number of hydrogen-bond donors (Lipinski definition) is 1. The van der Waals surface area contributed by atoms with Crippen molar-refractivity contribution in [3.8, 4) is 22.6 Å². The van der Waals surface area contributed by atoms with E-state index in [2.05, 4.69) is 4.98 Å². The standard InChI is InChI=1S/C21H15ClFN3O4/c1-11-7-19(30-12-3-4-17(23)16(22)8-12)14(9-18(11)26(28)29)15-10-25(2)21(27)20-13(15)5-6-24-20/h3-10,24H,1-2H3. The van der Waals surface area contributed by atoms with Crippen molar-refractivity contribution >= 4 is 28.2 Å². The molecular formula is C21H15ClFN3O4. The number of ether oxygens (including phenoxy) is 1. The predicted molar refractivity (Wildman–Crippen MR) is 112 cm³/mol. The summed E-state index contributed by atoms with van der Waals surface area (Å²) in [6.45, 7) is 1.60. The van der Waals surface area contributed by atoms with Gasteiger partial charge in [-0.15, -0.1) is 0 Å². The highest BCUT2D eigenvalue weighted by molar-refractivity contribution is 6.30. The summed E-state index contributed by atoms with van der Waals surface area (Å²) in [7, 11) is 1.59. The Kier molecular flexibility index (Phi) is 4.79. The summed E-state index contributed by atoms with van der Waals surface area (Å²) in [5, 5.41) is 12.0. The van der Waals surface area contributed by atoms with Crippen LogP contribution in [0.1, 0.15) is 5.56 Å². The van der Waals surface area contributed by atoms with Crippen LogP contribution in [0, 0.1) is 22.9 Å². The first-order valence-electron chi connectivity index (χ1n) is 8.85. The number of nitro groups is 1. The minimum absolute atomic E-state index is 0.0907. The fourth-order valence-corrected chi connectivity index (χ4v) is 3.48. The molecule has 9 heteroatoms. The van der Waals surface area contributed by atoms with E-state index in [1.807, 2.05) is 0 Å². The summed E-state index contributed by atoms with van der Waals surface area (Å²) < 4.78 is 20.8. The van der Waals surface area contributed by atoms with Gasteiger partial charge in [-0.25, -0.2) is 4.39 Å². The summed E-state index contributed by atoms with van der Waals surface area (Å²) in [6.07, 6.45) is 3.22. The number of H-pyrrole nitrogens is 1. The minimum atomic E-state index is -0.587. The zero-order valence-corrected chi connectivity index (χ0v) is 16.7. The first-order valence-corrected chi connectivity index (χ1v) is 9.23. The van der Waals surface area contributed by atoms with Crippen LogP contribution in [0.3, 0.4) is 0 Å². The van der Waals surface area contributed by atoms with Gasteiger partial charge in [-0.2, -0.15) is 0 Å². The number of aryl methyl sites for hydroxylation is 2. The van der Waals surface area contributed by atoms with Gasteiger partial charge in [-0.1, -0.05) is 11.6 Å². The van der Waals surface area contributed by atoms with Crippen LogP contribution in [-0.2, 0) is 7.05 Å². The number of benzene rings is 2. The summed E-state index contributed by atoms with van der Waals surface area (Å²) in [6, 6.07) is 8.57. The third kappa shape index (κ3) is 3.31. The molecule has 0 unspecified atom stereocenters. The van der Waals surface area contributed by atoms with Gasteiger partial charge in [0.1, 0.15) is 22.8 Å². The van der Waals surface area contributed by atoms with E-state index in [4.69, 9.17) is 16.3 Å². The number of nitro benzene ring substituents is 1. The van der Waals surface area contributed by atoms with E-state index in [1.165, 1.54) is 34.9 Å². The Hall–Kier alpha value is -3.65. The Balaban J connectivity index is 1.98. The second kappa shape index (κ2) is 7.31. The van der Waals surface area contributed by atoms with Crippen LogP contribution >= 0.6 is 11.6 Å². The van der Waals surface area contributed by atoms with Crippen LogP contribution in [0.5, 0.6) is 11.5 Å². The molecule has 0 aliphatic rings. The van der Waals surface area contributed by atoms with Gasteiger partial charge in [0.2, 0.25) is 0 Å². The second-order valence-corrected chi connectivity index (χ2v) is 7.20. The molecule has 0 amide bonds. The summed E-state index contributed by atoms with van der Waals surface area (Å²) in [4.78, 5) is 26.4. The van der Waals surface area contributed by atoms with E-state index in [0.29, 0.717) is 33.3 Å². The maximum atomic E-state index is 13.5. The number of aromatic amines is 1. The number of hydrogen-bond acceptors (Lipinski definition) is 4. The molecule has 0 aliphatic carbocycles. The highest BCUT2D eigenvalue weighted by Crippen LogP contribution is 2.40. The number of rotatable bonds is 4. The summed E-state index contributed by atoms with van der Waals surface area (Å²) in [5.41, 5.74) is 1.42. The molecule has 152 valence electrons. The monoisotopic (exact) mass is 427 g/mol. The number of nitrogens with one attached hydrogen (secondary N) is 1. The van der Waals surface area contributed by atoms with Crippen LogP contribution in [0.2, 0.25) is 5.02 Å². The zero-order valence-electron chi connectivity index (χ0n) is 15.9. The van der Waals surface area contributed by atoms with Crippen LogP contribution < -0.4 is 10.3 Å². The molecule has 0 saturated heterocycles. The van der Waals surface area contributed by atoms with E-state index in [-0.39, 0.29) is 22.0 Å². The van der Waals surface area contributed by atoms with E-state index in [1.54, 1.807) is 32.4 Å². The average molecular weight is 428 g/mol. The molecular weight excluding hydrogens is 413 g/mol. The maximum absolute atomic E-state index is 13.5. The molecule has 2 aromatic heterocycles. The molecule has 0 atom stereocenters. The van der Waals surface area contributed by atoms with Gasteiger partial charge >= 0.3 is 0 Å². The van der Waals surface area contributed by atoms with Crippen LogP contribution in [0.4, 0.5) is 10.1 Å². The van der Waals surface area contributed by atoms with E-state index in [0.717, 1.165) is 0 Å². The number of halogens is 2. The largest absolute Gasteiger partial charge is 0.457 e. The van der Waals surface area contributed by atoms with Crippen molar-refractivity contribution in [2.45, 2.75) is 6.92 Å². The van der Waals surface area contributed by atoms with Crippen molar-refractivity contribution in [1.82, 2.24) is 9.55 Å². The lowest BCUT2D eigenvalue weighted by Crippen LogP contribution is -2.16. The average Bonchev–Trinajstić information content (AvgIpc) is 3.18. The number of pyridine rings is 1. The summed E-state index contributed by atoms with van der Waals surface area (Å²) in [5.74, 6) is -0.0100. The number of aromatic nitrogens is 2. The van der Waals surface area contributed by atoms with Crippen molar-refractivity contribution in [3.63, 3.8) is 0 Å². The molecule has 0 bridgehead atoms. The van der Waals surface area contributed by atoms with Gasteiger partial charge in [0, 0.05) is 53.7 Å². The molecule has 2 aromatic carbocycles. The molecule has 30 heavy (non-hydrogen) atoms. The van der Waals surface area contributed by atoms with Crippen molar-refractivity contribution in [1.29, 1.82) is 0 Å². The van der Waals surface area contributed by atoms with Crippen molar-refractivity contribution in [3.05, 3.63) is 85.7 Å². The van der Waals surface area contributed by atoms with Gasteiger partial charge in [0.15, 0.2) is 0 Å². The van der Waals surface area contributed by atoms with E-state index < -0.39 is 10.7 Å². The normalized spacial score (nSPS) is 11.1. The number of nitrogens with zero attached hydrogens (tertiary/aromatic N) is 2. The van der Waals surface area contributed by atoms with Crippen LogP contribution in [0.15, 0.2) is 53.6 Å². The fraction of sp³-hybridized carbons (Fsp3) is 0.0952. The minimum Gasteiger partial charge on any atom is -0.457 e. The van der Waals surface area contributed by atoms with Gasteiger partial charge in [-0.3, -0.25) is 14.9 Å². The Bertz CT molecular complexity index is 1380. The number of fused-ring (bicyclic) bond motifs is 1. The Morgan fingerprint density at radius 2 is 1.97 bits per heavy atom. The van der Waals surface area contributed by atoms with Crippen molar-refractivity contribution < 1.29 is 14.1 Å². The molecule has 0 spiro atoms. The molecule has 0 radical (unpaired) electrons. The smallest absolute Gasteiger partial charge is 0.274 e. The summed E-state index contributed by atoms with van der Waals surface area (Å²) >= 11 is 5.85. The predicted octanol–water partition coefficient (Wildman–Crippen LogP) is 5.34. The lowest BCUT2D eigenvalue weighted by atomic mass is 10.00. The molecule has 0 fully saturated rings. The van der Waals surface area contributed by atoms with E-state index >= 15 is 0 Å². The third-order valence-electron chi connectivity index (χ3n) is 4.80. The topological polar surface area (TPSA) is 90.2 Å². The first kappa shape index (κ1) is 19.7. The fourth-order valence-electron chi connectivity index (χ4n) is 3.31. The van der Waals surface area contributed by atoms with Crippen LogP contribution in [-0.4, -0.2) is 14.5 Å². The van der Waals surface area contributed by atoms with E-state index in [9.17, 15) is 19.3 Å². The van der Waals surface area contributed by atoms with Gasteiger partial charge in [0.25, 0.3) is 11.2 Å². The van der Waals surface area contributed by atoms with Crippen molar-refractivity contribution in [2.75, 3.05) is 0 Å². The maximum Gasteiger partial charge on any atom is 0.274 e. The highest BCUT2D eigenvalue weighted by atomic mass is 35.5. The highest BCUT2D eigenvalue weighted by Gasteiger charge is 2.21. The van der Waals surface area contributed by atoms with Gasteiger partial charge in [-0.05, 0) is 31.2 Å². The molecule has 1 N–H and O–H groups in total. The van der Waals surface area contributed by atoms with Crippen LogP contribution in [0.25, 0.3) is 22.0 Å². The van der Waals surface area contributed by atoms with Crippen molar-refractivity contribution in [2.24, 2.45) is 7.05 Å². The zero-order chi connectivity index (χ0) is 21.6. The Morgan fingerprint density at radius 3 is 2.67 bits per heavy atom. The molecule has 2 heterocycles. The molecule has 4 rings (SSSR count). The quantitative estimate of drug-likeness (QED) is 0.352. The van der Waals surface area contributed by atoms with Gasteiger partial charge < -0.3 is 14.3 Å². The molecule has 4 aromatic rings. The Morgan fingerprint density at radius 1 is 1.20 bits per heavy atom. The third-order valence-corrected chi connectivity index (χ3v) is 5.09. The Labute approximate surface area is 174 Å². The lowest BCUT2D eigenvalue weighted by molar-refractivity contribution is -0.385.